The summed E-state index contributed by atoms with van der Waals surface area (Å²) in [6, 6.07) is 8.28. The Morgan fingerprint density at radius 1 is 1.44 bits per heavy atom. The Morgan fingerprint density at radius 2 is 2.30 bits per heavy atom. The summed E-state index contributed by atoms with van der Waals surface area (Å²) in [6.45, 7) is 1.32. The van der Waals surface area contributed by atoms with Crippen molar-refractivity contribution in [3.8, 4) is 6.07 Å². The highest BCUT2D eigenvalue weighted by molar-refractivity contribution is 7.17. The van der Waals surface area contributed by atoms with E-state index in [0.29, 0.717) is 24.5 Å². The highest BCUT2D eigenvalue weighted by Crippen LogP contribution is 2.32. The van der Waals surface area contributed by atoms with Crippen LogP contribution in [0.25, 0.3) is 10.2 Å². The molecule has 4 rings (SSSR count). The van der Waals surface area contributed by atoms with Crippen LogP contribution >= 0.6 is 11.3 Å². The van der Waals surface area contributed by atoms with E-state index in [2.05, 4.69) is 10.3 Å². The number of halogens is 1. The fraction of sp³-hybridized carbons (Fsp3) is 0.211. The molecule has 27 heavy (non-hydrogen) atoms. The second kappa shape index (κ2) is 6.85. The number of carboxylic acid groups (broad SMARTS) is 1. The van der Waals surface area contributed by atoms with Gasteiger partial charge in [-0.2, -0.15) is 5.26 Å². The number of rotatable bonds is 4. The first kappa shape index (κ1) is 17.2. The van der Waals surface area contributed by atoms with Gasteiger partial charge in [-0.3, -0.25) is 4.98 Å². The van der Waals surface area contributed by atoms with E-state index in [9.17, 15) is 14.3 Å². The Labute approximate surface area is 158 Å². The number of fused-ring (bicyclic) bond motifs is 1. The molecule has 0 spiro atoms. The van der Waals surface area contributed by atoms with E-state index in [-0.39, 0.29) is 17.2 Å². The van der Waals surface area contributed by atoms with Crippen LogP contribution in [-0.2, 0) is 0 Å². The predicted molar refractivity (Wildman–Crippen MR) is 102 cm³/mol. The molecule has 0 radical (unpaired) electrons. The zero-order chi connectivity index (χ0) is 19.0. The van der Waals surface area contributed by atoms with Crippen LogP contribution in [0.5, 0.6) is 0 Å². The van der Waals surface area contributed by atoms with Crippen molar-refractivity contribution >= 4 is 38.9 Å². The van der Waals surface area contributed by atoms with Crippen molar-refractivity contribution in [2.75, 3.05) is 23.3 Å². The Morgan fingerprint density at radius 3 is 3.04 bits per heavy atom. The molecule has 0 aliphatic carbocycles. The van der Waals surface area contributed by atoms with E-state index in [1.165, 1.54) is 29.7 Å². The minimum Gasteiger partial charge on any atom is -0.478 e. The quantitative estimate of drug-likeness (QED) is 0.715. The first-order valence-electron chi connectivity index (χ1n) is 8.37. The van der Waals surface area contributed by atoms with Crippen LogP contribution in [-0.4, -0.2) is 35.2 Å². The van der Waals surface area contributed by atoms with Gasteiger partial charge in [0.2, 0.25) is 0 Å². The number of carbonyl (C=O) groups is 1. The Balaban J connectivity index is 1.57. The van der Waals surface area contributed by atoms with Gasteiger partial charge in [0.25, 0.3) is 0 Å². The standard InChI is InChI=1S/C19H15FN4O2S/c20-15-7-13(2-1-11(15)8-21)24-5-3-12(10-24)23-17-14(19(25)26)9-22-16-4-6-27-18(16)17/h1-2,4,6-7,9,12H,3,5,10H2,(H,22,23)(H,25,26). The predicted octanol–water partition coefficient (Wildman–Crippen LogP) is 3.70. The minimum absolute atomic E-state index is 0.0227. The van der Waals surface area contributed by atoms with Gasteiger partial charge in [-0.25, -0.2) is 9.18 Å². The summed E-state index contributed by atoms with van der Waals surface area (Å²) in [4.78, 5) is 17.8. The number of nitrogens with zero attached hydrogens (tertiary/aromatic N) is 3. The molecular formula is C19H15FN4O2S. The van der Waals surface area contributed by atoms with Crippen molar-refractivity contribution in [1.82, 2.24) is 4.98 Å². The van der Waals surface area contributed by atoms with Gasteiger partial charge in [0.1, 0.15) is 17.4 Å². The molecule has 1 unspecified atom stereocenters. The number of aromatic nitrogens is 1. The van der Waals surface area contributed by atoms with E-state index in [1.54, 1.807) is 6.07 Å². The van der Waals surface area contributed by atoms with Crippen molar-refractivity contribution < 1.29 is 14.3 Å². The number of benzene rings is 1. The summed E-state index contributed by atoms with van der Waals surface area (Å²) in [5, 5.41) is 23.6. The molecule has 1 saturated heterocycles. The van der Waals surface area contributed by atoms with Crippen LogP contribution in [0.2, 0.25) is 0 Å². The number of anilines is 2. The van der Waals surface area contributed by atoms with Gasteiger partial charge in [0, 0.05) is 31.0 Å². The first-order valence-corrected chi connectivity index (χ1v) is 9.25. The summed E-state index contributed by atoms with van der Waals surface area (Å²) in [5.74, 6) is -1.56. The summed E-state index contributed by atoms with van der Waals surface area (Å²) in [6.07, 6.45) is 2.16. The molecule has 136 valence electrons. The molecule has 1 fully saturated rings. The highest BCUT2D eigenvalue weighted by atomic mass is 32.1. The molecule has 3 aromatic rings. The maximum absolute atomic E-state index is 13.9. The molecule has 0 saturated carbocycles. The van der Waals surface area contributed by atoms with Crippen LogP contribution < -0.4 is 10.2 Å². The van der Waals surface area contributed by atoms with Crippen molar-refractivity contribution in [1.29, 1.82) is 5.26 Å². The Bertz CT molecular complexity index is 1080. The third-order valence-corrected chi connectivity index (χ3v) is 5.60. The summed E-state index contributed by atoms with van der Waals surface area (Å²) in [5.41, 5.74) is 2.23. The van der Waals surface area contributed by atoms with E-state index in [1.807, 2.05) is 22.4 Å². The van der Waals surface area contributed by atoms with Gasteiger partial charge in [-0.05, 0) is 36.1 Å². The van der Waals surface area contributed by atoms with Gasteiger partial charge in [-0.15, -0.1) is 11.3 Å². The lowest BCUT2D eigenvalue weighted by Crippen LogP contribution is -2.26. The molecule has 1 aliphatic heterocycles. The van der Waals surface area contributed by atoms with Gasteiger partial charge in [0.15, 0.2) is 0 Å². The molecule has 1 aliphatic rings. The minimum atomic E-state index is -1.02. The lowest BCUT2D eigenvalue weighted by atomic mass is 10.1. The Kier molecular flexibility index (Phi) is 4.38. The number of hydrogen-bond donors (Lipinski definition) is 2. The molecule has 1 atom stereocenters. The monoisotopic (exact) mass is 382 g/mol. The van der Waals surface area contributed by atoms with Crippen LogP contribution in [0.4, 0.5) is 15.8 Å². The molecule has 6 nitrogen and oxygen atoms in total. The zero-order valence-electron chi connectivity index (χ0n) is 14.1. The van der Waals surface area contributed by atoms with Gasteiger partial charge in [0.05, 0.1) is 21.5 Å². The third-order valence-electron chi connectivity index (χ3n) is 4.68. The van der Waals surface area contributed by atoms with Gasteiger partial charge in [-0.1, -0.05) is 0 Å². The molecule has 2 N–H and O–H groups in total. The van der Waals surface area contributed by atoms with E-state index in [0.717, 1.165) is 16.6 Å². The van der Waals surface area contributed by atoms with Crippen molar-refractivity contribution in [3.05, 3.63) is 52.8 Å². The zero-order valence-corrected chi connectivity index (χ0v) is 15.0. The van der Waals surface area contributed by atoms with E-state index >= 15 is 0 Å². The number of carboxylic acids is 1. The molecule has 0 amide bonds. The largest absolute Gasteiger partial charge is 0.478 e. The fourth-order valence-corrected chi connectivity index (χ4v) is 4.19. The van der Waals surface area contributed by atoms with Gasteiger partial charge >= 0.3 is 5.97 Å². The summed E-state index contributed by atoms with van der Waals surface area (Å²) >= 11 is 1.45. The van der Waals surface area contributed by atoms with Crippen LogP contribution in [0.3, 0.4) is 0 Å². The second-order valence-corrected chi connectivity index (χ2v) is 7.26. The fourth-order valence-electron chi connectivity index (χ4n) is 3.33. The molecule has 3 heterocycles. The SMILES string of the molecule is N#Cc1ccc(N2CCC(Nc3c(C(=O)O)cnc4ccsc34)C2)cc1F. The number of pyridine rings is 1. The first-order chi connectivity index (χ1) is 13.1. The highest BCUT2D eigenvalue weighted by Gasteiger charge is 2.26. The smallest absolute Gasteiger partial charge is 0.339 e. The average molecular weight is 382 g/mol. The van der Waals surface area contributed by atoms with Crippen LogP contribution in [0.1, 0.15) is 22.3 Å². The molecule has 0 bridgehead atoms. The van der Waals surface area contributed by atoms with Crippen molar-refractivity contribution in [3.63, 3.8) is 0 Å². The number of nitriles is 1. The molecule has 8 heteroatoms. The van der Waals surface area contributed by atoms with E-state index in [4.69, 9.17) is 5.26 Å². The van der Waals surface area contributed by atoms with E-state index < -0.39 is 11.8 Å². The van der Waals surface area contributed by atoms with Crippen LogP contribution in [0, 0.1) is 17.1 Å². The normalized spacial score (nSPS) is 16.4. The average Bonchev–Trinajstić information content (AvgIpc) is 3.31. The number of aromatic carboxylic acids is 1. The number of thiophene rings is 1. The maximum Gasteiger partial charge on any atom is 0.339 e. The number of nitrogens with one attached hydrogen (secondary N) is 1. The Hall–Kier alpha value is -3.18. The lowest BCUT2D eigenvalue weighted by molar-refractivity contribution is 0.0697. The van der Waals surface area contributed by atoms with Gasteiger partial charge < -0.3 is 15.3 Å². The lowest BCUT2D eigenvalue weighted by Gasteiger charge is -2.20. The number of hydrogen-bond acceptors (Lipinski definition) is 6. The third kappa shape index (κ3) is 3.17. The van der Waals surface area contributed by atoms with Crippen LogP contribution in [0.15, 0.2) is 35.8 Å². The topological polar surface area (TPSA) is 89.2 Å². The van der Waals surface area contributed by atoms with Crippen molar-refractivity contribution in [2.24, 2.45) is 0 Å². The summed E-state index contributed by atoms with van der Waals surface area (Å²) in [7, 11) is 0. The van der Waals surface area contributed by atoms with Crippen molar-refractivity contribution in [2.45, 2.75) is 12.5 Å². The molecule has 2 aromatic heterocycles. The summed E-state index contributed by atoms with van der Waals surface area (Å²) < 4.78 is 14.7. The molecule has 1 aromatic carbocycles. The molecular weight excluding hydrogens is 367 g/mol. The second-order valence-electron chi connectivity index (χ2n) is 6.34. The maximum atomic E-state index is 13.9.